The van der Waals surface area contributed by atoms with Gasteiger partial charge in [0, 0.05) is 22.9 Å². The lowest BCUT2D eigenvalue weighted by atomic mass is 10.0. The summed E-state index contributed by atoms with van der Waals surface area (Å²) >= 11 is 12.3. The Morgan fingerprint density at radius 2 is 2.07 bits per heavy atom. The minimum atomic E-state index is 0.330. The smallest absolute Gasteiger partial charge is 0.316 e. The van der Waals surface area contributed by atoms with Crippen LogP contribution in [0.5, 0.6) is 0 Å². The van der Waals surface area contributed by atoms with Crippen molar-refractivity contribution in [1.82, 2.24) is 5.01 Å². The fraction of sp³-hybridized carbons (Fsp3) is 0.348. The Hall–Kier alpha value is -2.37. The molecule has 0 saturated heterocycles. The molecule has 0 amide bonds. The number of rotatable bonds is 8. The fourth-order valence-corrected chi connectivity index (χ4v) is 2.84. The van der Waals surface area contributed by atoms with Crippen LogP contribution in [0.2, 0.25) is 5.02 Å². The lowest BCUT2D eigenvalue weighted by Gasteiger charge is -2.23. The standard InChI is InChI=1S/C21H24Cl2N4O.C2H6/c1-4-9-17(10-8-13-22)14-20(18-11-6-7-12-19(18)23)26-27-15-24-16(3)25-21(27)28-5-2;1-2/h4,6-12H,1,5,13-15H2,2-3H3;1-2H3/b10-8-,17-9+,26-20+;. The molecule has 0 radical (unpaired) electrons. The number of nitrogens with zero attached hydrogens (tertiary/aromatic N) is 4. The van der Waals surface area contributed by atoms with Gasteiger partial charge in [0.15, 0.2) is 0 Å². The molecule has 0 saturated carbocycles. The highest BCUT2D eigenvalue weighted by Gasteiger charge is 2.19. The third kappa shape index (κ3) is 8.17. The highest BCUT2D eigenvalue weighted by atomic mass is 35.5. The Bertz CT molecular complexity index is 841. The highest BCUT2D eigenvalue weighted by molar-refractivity contribution is 6.34. The fourth-order valence-electron chi connectivity index (χ4n) is 2.51. The van der Waals surface area contributed by atoms with Gasteiger partial charge in [0.05, 0.1) is 12.3 Å². The molecule has 0 bridgehead atoms. The number of benzene rings is 1. The number of hydrazone groups is 1. The Balaban J connectivity index is 0.00000218. The molecule has 0 spiro atoms. The van der Waals surface area contributed by atoms with Crippen LogP contribution in [0.4, 0.5) is 0 Å². The third-order valence-electron chi connectivity index (χ3n) is 3.74. The maximum Gasteiger partial charge on any atom is 0.316 e. The van der Waals surface area contributed by atoms with E-state index >= 15 is 0 Å². The summed E-state index contributed by atoms with van der Waals surface area (Å²) in [4.78, 5) is 8.71. The number of halogens is 2. The number of amidine groups is 2. The van der Waals surface area contributed by atoms with Gasteiger partial charge in [0.2, 0.25) is 0 Å². The molecule has 0 aromatic heterocycles. The summed E-state index contributed by atoms with van der Waals surface area (Å²) in [6.45, 7) is 12.3. The van der Waals surface area contributed by atoms with Crippen LogP contribution in [0.3, 0.4) is 0 Å². The van der Waals surface area contributed by atoms with Gasteiger partial charge in [-0.25, -0.2) is 4.99 Å². The van der Waals surface area contributed by atoms with Gasteiger partial charge >= 0.3 is 6.02 Å². The first kappa shape index (κ1) is 25.7. The number of ether oxygens (including phenoxy) is 1. The van der Waals surface area contributed by atoms with Crippen LogP contribution in [0.15, 0.2) is 75.8 Å². The van der Waals surface area contributed by atoms with Crippen LogP contribution in [0, 0.1) is 0 Å². The summed E-state index contributed by atoms with van der Waals surface area (Å²) in [5, 5.41) is 7.05. The molecule has 1 aromatic rings. The molecule has 1 aliphatic heterocycles. The zero-order chi connectivity index (χ0) is 22.4. The van der Waals surface area contributed by atoms with Crippen molar-refractivity contribution in [2.75, 3.05) is 19.2 Å². The summed E-state index contributed by atoms with van der Waals surface area (Å²) in [6.07, 6.45) is 8.02. The molecule has 1 aliphatic rings. The molecule has 30 heavy (non-hydrogen) atoms. The van der Waals surface area contributed by atoms with Gasteiger partial charge in [-0.1, -0.05) is 74.5 Å². The number of aliphatic imine (C=N–C) groups is 2. The van der Waals surface area contributed by atoms with E-state index in [1.54, 1.807) is 11.1 Å². The molecular formula is C23H30Cl2N4O. The third-order valence-corrected chi connectivity index (χ3v) is 4.24. The predicted octanol–water partition coefficient (Wildman–Crippen LogP) is 6.45. The van der Waals surface area contributed by atoms with E-state index in [0.717, 1.165) is 16.8 Å². The van der Waals surface area contributed by atoms with Crippen LogP contribution >= 0.6 is 23.2 Å². The molecule has 0 aliphatic carbocycles. The molecule has 2 rings (SSSR count). The average molecular weight is 449 g/mol. The Morgan fingerprint density at radius 3 is 2.70 bits per heavy atom. The van der Waals surface area contributed by atoms with Crippen LogP contribution in [-0.2, 0) is 4.74 Å². The number of hydrogen-bond donors (Lipinski definition) is 0. The molecule has 0 fully saturated rings. The summed E-state index contributed by atoms with van der Waals surface area (Å²) in [7, 11) is 0. The van der Waals surface area contributed by atoms with Crippen molar-refractivity contribution in [2.24, 2.45) is 15.1 Å². The van der Waals surface area contributed by atoms with Crippen LogP contribution in [0.25, 0.3) is 0 Å². The van der Waals surface area contributed by atoms with E-state index in [2.05, 4.69) is 16.6 Å². The van der Waals surface area contributed by atoms with E-state index in [0.29, 0.717) is 42.5 Å². The first-order chi connectivity index (χ1) is 14.6. The Kier molecular flexibility index (Phi) is 12.5. The molecule has 162 valence electrons. The maximum absolute atomic E-state index is 6.46. The monoisotopic (exact) mass is 448 g/mol. The van der Waals surface area contributed by atoms with Gasteiger partial charge in [-0.3, -0.25) is 0 Å². The average Bonchev–Trinajstić information content (AvgIpc) is 2.75. The zero-order valence-corrected chi connectivity index (χ0v) is 19.6. The molecule has 7 heteroatoms. The predicted molar refractivity (Wildman–Crippen MR) is 131 cm³/mol. The quantitative estimate of drug-likeness (QED) is 0.260. The number of alkyl halides is 1. The van der Waals surface area contributed by atoms with Gasteiger partial charge in [0.1, 0.15) is 12.5 Å². The van der Waals surface area contributed by atoms with Crippen molar-refractivity contribution in [3.63, 3.8) is 0 Å². The molecular weight excluding hydrogens is 419 g/mol. The Morgan fingerprint density at radius 1 is 1.33 bits per heavy atom. The van der Waals surface area contributed by atoms with Gasteiger partial charge in [-0.05, 0) is 25.5 Å². The van der Waals surface area contributed by atoms with Gasteiger partial charge in [-0.15, -0.1) is 11.6 Å². The first-order valence-electron chi connectivity index (χ1n) is 9.95. The molecule has 0 atom stereocenters. The Labute approximate surface area is 190 Å². The molecule has 5 nitrogen and oxygen atoms in total. The second-order valence-electron chi connectivity index (χ2n) is 5.81. The topological polar surface area (TPSA) is 49.5 Å². The first-order valence-corrected chi connectivity index (χ1v) is 10.9. The minimum Gasteiger partial charge on any atom is -0.464 e. The molecule has 1 heterocycles. The lowest BCUT2D eigenvalue weighted by molar-refractivity contribution is 0.247. The van der Waals surface area contributed by atoms with Crippen molar-refractivity contribution in [3.05, 3.63) is 71.3 Å². The van der Waals surface area contributed by atoms with Crippen LogP contribution in [-0.4, -0.2) is 41.7 Å². The second kappa shape index (κ2) is 14.6. The highest BCUT2D eigenvalue weighted by Crippen LogP contribution is 2.21. The maximum atomic E-state index is 6.46. The SMILES string of the molecule is C=C/C=C(\C=C/CCl)C/C(=N\N1CN=C(C)N=C1OCC)c1ccccc1Cl.CC. The van der Waals surface area contributed by atoms with Crippen LogP contribution in [0.1, 0.15) is 39.7 Å². The van der Waals surface area contributed by atoms with Crippen molar-refractivity contribution in [2.45, 2.75) is 34.1 Å². The second-order valence-corrected chi connectivity index (χ2v) is 6.53. The lowest BCUT2D eigenvalue weighted by Crippen LogP contribution is -2.33. The van der Waals surface area contributed by atoms with Crippen molar-refractivity contribution >= 4 is 40.8 Å². The van der Waals surface area contributed by atoms with Gasteiger partial charge in [-0.2, -0.15) is 15.1 Å². The van der Waals surface area contributed by atoms with Crippen LogP contribution < -0.4 is 0 Å². The molecule has 0 N–H and O–H groups in total. The summed E-state index contributed by atoms with van der Waals surface area (Å²) in [5.74, 6) is 1.08. The van der Waals surface area contributed by atoms with Crippen molar-refractivity contribution < 1.29 is 4.74 Å². The van der Waals surface area contributed by atoms with Crippen molar-refractivity contribution in [3.8, 4) is 0 Å². The summed E-state index contributed by atoms with van der Waals surface area (Å²) < 4.78 is 5.64. The minimum absolute atomic E-state index is 0.330. The van der Waals surface area contributed by atoms with Crippen molar-refractivity contribution in [1.29, 1.82) is 0 Å². The van der Waals surface area contributed by atoms with E-state index < -0.39 is 0 Å². The zero-order valence-electron chi connectivity index (χ0n) is 18.1. The number of allylic oxidation sites excluding steroid dienone is 5. The summed E-state index contributed by atoms with van der Waals surface area (Å²) in [6, 6.07) is 8.02. The molecule has 1 aromatic carbocycles. The normalized spacial score (nSPS) is 14.7. The number of hydrogen-bond acceptors (Lipinski definition) is 5. The summed E-state index contributed by atoms with van der Waals surface area (Å²) in [5.41, 5.74) is 2.60. The van der Waals surface area contributed by atoms with E-state index in [1.165, 1.54) is 0 Å². The van der Waals surface area contributed by atoms with E-state index in [1.807, 2.05) is 70.2 Å². The van der Waals surface area contributed by atoms with Gasteiger partial charge in [0.25, 0.3) is 0 Å². The largest absolute Gasteiger partial charge is 0.464 e. The van der Waals surface area contributed by atoms with E-state index in [4.69, 9.17) is 33.0 Å². The van der Waals surface area contributed by atoms with E-state index in [-0.39, 0.29) is 0 Å². The van der Waals surface area contributed by atoms with E-state index in [9.17, 15) is 0 Å². The van der Waals surface area contributed by atoms with Gasteiger partial charge < -0.3 is 4.74 Å². The molecule has 0 unspecified atom stereocenters.